The molecule has 1 unspecified atom stereocenters. The van der Waals surface area contributed by atoms with Crippen LogP contribution in [-0.4, -0.2) is 11.2 Å². The van der Waals surface area contributed by atoms with Crippen LogP contribution in [-0.2, 0) is 0 Å². The van der Waals surface area contributed by atoms with Crippen molar-refractivity contribution < 1.29 is 5.11 Å². The molecule has 1 heteroatoms. The summed E-state index contributed by atoms with van der Waals surface area (Å²) in [5, 5.41) is 9.32. The molecule has 12 heavy (non-hydrogen) atoms. The highest BCUT2D eigenvalue weighted by Gasteiger charge is 1.94. The summed E-state index contributed by atoms with van der Waals surface area (Å²) in [4.78, 5) is 0. The van der Waals surface area contributed by atoms with E-state index in [9.17, 15) is 5.11 Å². The van der Waals surface area contributed by atoms with E-state index in [2.05, 4.69) is 19.9 Å². The zero-order chi connectivity index (χ0) is 9.23. The van der Waals surface area contributed by atoms with Gasteiger partial charge in [0, 0.05) is 0 Å². The predicted octanol–water partition coefficient (Wildman–Crippen LogP) is 3.28. The second-order valence-electron chi connectivity index (χ2n) is 3.28. The number of unbranched alkanes of at least 4 members (excludes halogenated alkanes) is 3. The highest BCUT2D eigenvalue weighted by molar-refractivity contribution is 4.87. The van der Waals surface area contributed by atoms with Gasteiger partial charge < -0.3 is 5.11 Å². The molecule has 72 valence electrons. The molecule has 0 fully saturated rings. The van der Waals surface area contributed by atoms with Crippen LogP contribution in [0.1, 0.15) is 52.4 Å². The molecule has 0 aromatic heterocycles. The molecule has 1 atom stereocenters. The summed E-state index contributed by atoms with van der Waals surface area (Å²) in [6, 6.07) is 0. The van der Waals surface area contributed by atoms with Crippen LogP contribution in [0.3, 0.4) is 0 Å². The molecule has 0 aromatic rings. The first kappa shape index (κ1) is 11.7. The Hall–Kier alpha value is -0.300. The number of hydrogen-bond acceptors (Lipinski definition) is 1. The van der Waals surface area contributed by atoms with Crippen LogP contribution < -0.4 is 0 Å². The Morgan fingerprint density at radius 1 is 1.17 bits per heavy atom. The van der Waals surface area contributed by atoms with Crippen molar-refractivity contribution in [2.45, 2.75) is 58.5 Å². The first-order valence-electron chi connectivity index (χ1n) is 5.16. The first-order chi connectivity index (χ1) is 5.81. The van der Waals surface area contributed by atoms with Gasteiger partial charge >= 0.3 is 0 Å². The summed E-state index contributed by atoms with van der Waals surface area (Å²) >= 11 is 0. The Labute approximate surface area is 76.5 Å². The molecule has 0 amide bonds. The lowest BCUT2D eigenvalue weighted by atomic mass is 10.1. The van der Waals surface area contributed by atoms with Crippen LogP contribution in [0.5, 0.6) is 0 Å². The van der Waals surface area contributed by atoms with Gasteiger partial charge in [0.1, 0.15) is 0 Å². The van der Waals surface area contributed by atoms with Crippen molar-refractivity contribution in [1.82, 2.24) is 0 Å². The topological polar surface area (TPSA) is 20.2 Å². The number of allylic oxidation sites excluding steroid dienone is 1. The highest BCUT2D eigenvalue weighted by Crippen LogP contribution is 2.02. The average molecular weight is 170 g/mol. The average Bonchev–Trinajstić information content (AvgIpc) is 2.05. The van der Waals surface area contributed by atoms with Gasteiger partial charge in [-0.15, -0.1) is 0 Å². The van der Waals surface area contributed by atoms with E-state index in [0.29, 0.717) is 0 Å². The Morgan fingerprint density at radius 2 is 1.92 bits per heavy atom. The largest absolute Gasteiger partial charge is 0.389 e. The fraction of sp³-hybridized carbons (Fsp3) is 0.818. The van der Waals surface area contributed by atoms with E-state index in [-0.39, 0.29) is 6.10 Å². The third kappa shape index (κ3) is 7.80. The zero-order valence-corrected chi connectivity index (χ0v) is 8.42. The predicted molar refractivity (Wildman–Crippen MR) is 54.2 cm³/mol. The molecule has 0 aliphatic heterocycles. The Kier molecular flexibility index (Phi) is 8.57. The summed E-state index contributed by atoms with van der Waals surface area (Å²) in [5.74, 6) is 0. The number of aliphatic hydroxyl groups is 1. The van der Waals surface area contributed by atoms with Gasteiger partial charge in [0.05, 0.1) is 6.10 Å². The van der Waals surface area contributed by atoms with Crippen LogP contribution in [0.25, 0.3) is 0 Å². The molecule has 0 saturated heterocycles. The third-order valence-corrected chi connectivity index (χ3v) is 1.92. The van der Waals surface area contributed by atoms with Crippen molar-refractivity contribution in [3.63, 3.8) is 0 Å². The summed E-state index contributed by atoms with van der Waals surface area (Å²) in [7, 11) is 0. The van der Waals surface area contributed by atoms with Gasteiger partial charge in [0.25, 0.3) is 0 Å². The van der Waals surface area contributed by atoms with Gasteiger partial charge in [0.2, 0.25) is 0 Å². The summed E-state index contributed by atoms with van der Waals surface area (Å²) < 4.78 is 0. The molecule has 0 spiro atoms. The second-order valence-corrected chi connectivity index (χ2v) is 3.28. The summed E-state index contributed by atoms with van der Waals surface area (Å²) in [6.07, 6.45) is 10.7. The molecule has 0 aromatic carbocycles. The minimum atomic E-state index is -0.211. The fourth-order valence-corrected chi connectivity index (χ4v) is 1.16. The van der Waals surface area contributed by atoms with Gasteiger partial charge in [-0.05, 0) is 19.3 Å². The fourth-order valence-electron chi connectivity index (χ4n) is 1.16. The molecular formula is C11H22O. The quantitative estimate of drug-likeness (QED) is 0.459. The molecule has 1 nitrogen and oxygen atoms in total. The second kappa shape index (κ2) is 8.79. The molecular weight excluding hydrogens is 148 g/mol. The lowest BCUT2D eigenvalue weighted by Gasteiger charge is -2.01. The lowest BCUT2D eigenvalue weighted by molar-refractivity contribution is 0.211. The van der Waals surface area contributed by atoms with Crippen LogP contribution >= 0.6 is 0 Å². The zero-order valence-electron chi connectivity index (χ0n) is 8.42. The molecule has 1 N–H and O–H groups in total. The van der Waals surface area contributed by atoms with Crippen LogP contribution in [0, 0.1) is 0 Å². The minimum absolute atomic E-state index is 0.211. The van der Waals surface area contributed by atoms with Crippen LogP contribution in [0.15, 0.2) is 12.2 Å². The van der Waals surface area contributed by atoms with Crippen LogP contribution in [0.2, 0.25) is 0 Å². The third-order valence-electron chi connectivity index (χ3n) is 1.92. The maximum Gasteiger partial charge on any atom is 0.0720 e. The van der Waals surface area contributed by atoms with E-state index in [0.717, 1.165) is 19.3 Å². The van der Waals surface area contributed by atoms with E-state index >= 15 is 0 Å². The molecule has 0 aliphatic carbocycles. The van der Waals surface area contributed by atoms with Gasteiger partial charge in [-0.3, -0.25) is 0 Å². The molecule has 0 aliphatic rings. The standard InChI is InChI=1S/C11H22O/c1-3-5-6-7-8-10-11(12)9-4-2/h8,10-12H,3-7,9H2,1-2H3/b10-8+. The Morgan fingerprint density at radius 3 is 2.50 bits per heavy atom. The van der Waals surface area contributed by atoms with Crippen molar-refractivity contribution in [2.75, 3.05) is 0 Å². The number of aliphatic hydroxyl groups excluding tert-OH is 1. The van der Waals surface area contributed by atoms with E-state index < -0.39 is 0 Å². The van der Waals surface area contributed by atoms with Gasteiger partial charge in [-0.2, -0.15) is 0 Å². The lowest BCUT2D eigenvalue weighted by Crippen LogP contribution is -1.99. The summed E-state index contributed by atoms with van der Waals surface area (Å²) in [5.41, 5.74) is 0. The van der Waals surface area contributed by atoms with Crippen molar-refractivity contribution in [1.29, 1.82) is 0 Å². The normalized spacial score (nSPS) is 13.9. The van der Waals surface area contributed by atoms with Gasteiger partial charge in [-0.25, -0.2) is 0 Å². The number of hydrogen-bond donors (Lipinski definition) is 1. The SMILES string of the molecule is CCCCC/C=C/C(O)CCC. The monoisotopic (exact) mass is 170 g/mol. The highest BCUT2D eigenvalue weighted by atomic mass is 16.3. The Bertz CT molecular complexity index is 108. The summed E-state index contributed by atoms with van der Waals surface area (Å²) in [6.45, 7) is 4.30. The maximum atomic E-state index is 9.32. The van der Waals surface area contributed by atoms with Gasteiger partial charge in [-0.1, -0.05) is 45.3 Å². The Balaban J connectivity index is 3.22. The molecule has 0 bridgehead atoms. The van der Waals surface area contributed by atoms with Crippen LogP contribution in [0.4, 0.5) is 0 Å². The van der Waals surface area contributed by atoms with Gasteiger partial charge in [0.15, 0.2) is 0 Å². The molecule has 0 saturated carbocycles. The van der Waals surface area contributed by atoms with Crippen molar-refractivity contribution in [3.8, 4) is 0 Å². The molecule has 0 rings (SSSR count). The van der Waals surface area contributed by atoms with E-state index in [4.69, 9.17) is 0 Å². The molecule has 0 radical (unpaired) electrons. The van der Waals surface area contributed by atoms with E-state index in [1.165, 1.54) is 19.3 Å². The van der Waals surface area contributed by atoms with Crippen molar-refractivity contribution in [3.05, 3.63) is 12.2 Å². The van der Waals surface area contributed by atoms with E-state index in [1.54, 1.807) is 0 Å². The molecule has 0 heterocycles. The smallest absolute Gasteiger partial charge is 0.0720 e. The van der Waals surface area contributed by atoms with Crippen molar-refractivity contribution >= 4 is 0 Å². The first-order valence-corrected chi connectivity index (χ1v) is 5.16. The minimum Gasteiger partial charge on any atom is -0.389 e. The van der Waals surface area contributed by atoms with Crippen molar-refractivity contribution in [2.24, 2.45) is 0 Å². The maximum absolute atomic E-state index is 9.32. The van der Waals surface area contributed by atoms with E-state index in [1.807, 2.05) is 6.08 Å². The number of rotatable bonds is 7.